The molecule has 0 amide bonds. The number of aromatic nitrogens is 3. The molecule has 1 aliphatic rings. The fourth-order valence-electron chi connectivity index (χ4n) is 9.41. The van der Waals surface area contributed by atoms with Gasteiger partial charge < -0.3 is 9.13 Å². The van der Waals surface area contributed by atoms with Crippen molar-refractivity contribution < 1.29 is 4.57 Å². The third-order valence-corrected chi connectivity index (χ3v) is 15.6. The summed E-state index contributed by atoms with van der Waals surface area (Å²) in [6.07, 6.45) is 0. The Balaban J connectivity index is 1.01. The van der Waals surface area contributed by atoms with Gasteiger partial charge in [0.05, 0.1) is 27.7 Å². The van der Waals surface area contributed by atoms with Crippen molar-refractivity contribution in [2.45, 2.75) is 0 Å². The Morgan fingerprint density at radius 3 is 1.51 bits per heavy atom. The highest BCUT2D eigenvalue weighted by atomic mass is 31.2. The maximum Gasteiger partial charge on any atom is 0.174 e. The number of para-hydroxylation sites is 1. The standard InChI is InChI=1S/C58H38N3OP/c62-63(47-18-8-3-9-19-47)55-23-13-11-21-49(55)51-37-36-50-48-20-10-12-22-54(48)61(56(50)57(51)63)46-34-32-44(33-35-46)53-38-52(43-28-24-41(25-29-43)39-14-4-1-5-15-39)59-58(60-53)45-30-26-42(27-31-45)40-16-6-2-7-17-40/h1-38H. The van der Waals surface area contributed by atoms with Crippen molar-refractivity contribution in [3.8, 4) is 73.0 Å². The third kappa shape index (κ3) is 6.10. The molecule has 11 aromatic rings. The van der Waals surface area contributed by atoms with Crippen molar-refractivity contribution in [2.24, 2.45) is 0 Å². The number of hydrogen-bond donors (Lipinski definition) is 0. The number of fused-ring (bicyclic) bond motifs is 7. The van der Waals surface area contributed by atoms with Crippen molar-refractivity contribution in [1.29, 1.82) is 0 Å². The van der Waals surface area contributed by atoms with Gasteiger partial charge in [0, 0.05) is 43.8 Å². The average Bonchev–Trinajstić information content (AvgIpc) is 3.84. The summed E-state index contributed by atoms with van der Waals surface area (Å²) >= 11 is 0. The van der Waals surface area contributed by atoms with Crippen molar-refractivity contribution >= 4 is 44.9 Å². The number of hydrogen-bond acceptors (Lipinski definition) is 3. The van der Waals surface area contributed by atoms with Gasteiger partial charge in [-0.15, -0.1) is 0 Å². The van der Waals surface area contributed by atoms with Crippen LogP contribution in [0.1, 0.15) is 0 Å². The predicted molar refractivity (Wildman–Crippen MR) is 262 cm³/mol. The van der Waals surface area contributed by atoms with E-state index in [1.54, 1.807) is 0 Å². The number of nitrogens with zero attached hydrogens (tertiary/aromatic N) is 3. The van der Waals surface area contributed by atoms with Crippen LogP contribution in [0.15, 0.2) is 231 Å². The lowest BCUT2D eigenvalue weighted by Crippen LogP contribution is -2.22. The minimum atomic E-state index is -3.26. The van der Waals surface area contributed by atoms with E-state index in [9.17, 15) is 0 Å². The molecule has 296 valence electrons. The van der Waals surface area contributed by atoms with Gasteiger partial charge >= 0.3 is 0 Å². The highest BCUT2D eigenvalue weighted by Gasteiger charge is 2.42. The van der Waals surface area contributed by atoms with Gasteiger partial charge in [0.2, 0.25) is 0 Å². The van der Waals surface area contributed by atoms with E-state index in [1.807, 2.05) is 54.6 Å². The fraction of sp³-hybridized carbons (Fsp3) is 0. The summed E-state index contributed by atoms with van der Waals surface area (Å²) in [7, 11) is -3.26. The summed E-state index contributed by atoms with van der Waals surface area (Å²) in [5.74, 6) is 0.660. The third-order valence-electron chi connectivity index (χ3n) is 12.5. The quantitative estimate of drug-likeness (QED) is 0.150. The van der Waals surface area contributed by atoms with Crippen LogP contribution in [0.5, 0.6) is 0 Å². The number of rotatable bonds is 7. The summed E-state index contributed by atoms with van der Waals surface area (Å²) in [5, 5.41) is 4.84. The van der Waals surface area contributed by atoms with E-state index in [0.717, 1.165) is 93.7 Å². The average molecular weight is 824 g/mol. The van der Waals surface area contributed by atoms with Gasteiger partial charge in [0.25, 0.3) is 0 Å². The van der Waals surface area contributed by atoms with Crippen molar-refractivity contribution in [3.63, 3.8) is 0 Å². The first-order valence-electron chi connectivity index (χ1n) is 21.3. The normalized spacial score (nSPS) is 14.2. The molecule has 3 heterocycles. The molecule has 1 unspecified atom stereocenters. The van der Waals surface area contributed by atoms with Crippen LogP contribution in [0.4, 0.5) is 0 Å². The van der Waals surface area contributed by atoms with Crippen LogP contribution in [-0.2, 0) is 4.57 Å². The molecule has 0 N–H and O–H groups in total. The van der Waals surface area contributed by atoms with Crippen LogP contribution in [0.2, 0.25) is 0 Å². The first-order valence-corrected chi connectivity index (χ1v) is 23.0. The van der Waals surface area contributed by atoms with Gasteiger partial charge in [0.15, 0.2) is 13.0 Å². The molecular weight excluding hydrogens is 786 g/mol. The highest BCUT2D eigenvalue weighted by molar-refractivity contribution is 7.86. The molecule has 2 aromatic heterocycles. The zero-order chi connectivity index (χ0) is 41.9. The van der Waals surface area contributed by atoms with Crippen LogP contribution >= 0.6 is 7.14 Å². The first kappa shape index (κ1) is 36.9. The lowest BCUT2D eigenvalue weighted by molar-refractivity contribution is 0.593. The summed E-state index contributed by atoms with van der Waals surface area (Å²) in [4.78, 5) is 10.4. The fourth-order valence-corrected chi connectivity index (χ4v) is 12.7. The van der Waals surface area contributed by atoms with E-state index in [0.29, 0.717) is 5.82 Å². The Morgan fingerprint density at radius 2 is 0.873 bits per heavy atom. The largest absolute Gasteiger partial charge is 0.309 e. The van der Waals surface area contributed by atoms with Crippen molar-refractivity contribution in [3.05, 3.63) is 231 Å². The molecule has 0 saturated heterocycles. The van der Waals surface area contributed by atoms with Crippen molar-refractivity contribution in [2.75, 3.05) is 0 Å². The Labute approximate surface area is 365 Å². The summed E-state index contributed by atoms with van der Waals surface area (Å²) in [6, 6.07) is 79.8. The van der Waals surface area contributed by atoms with E-state index in [4.69, 9.17) is 9.97 Å². The van der Waals surface area contributed by atoms with Gasteiger partial charge in [-0.05, 0) is 57.6 Å². The Hall–Kier alpha value is -7.91. The zero-order valence-electron chi connectivity index (χ0n) is 34.1. The van der Waals surface area contributed by atoms with E-state index in [-0.39, 0.29) is 0 Å². The highest BCUT2D eigenvalue weighted by Crippen LogP contribution is 2.55. The van der Waals surface area contributed by atoms with Crippen molar-refractivity contribution in [1.82, 2.24) is 14.5 Å². The molecule has 9 aromatic carbocycles. The summed E-state index contributed by atoms with van der Waals surface area (Å²) in [5.41, 5.74) is 14.3. The molecule has 1 atom stereocenters. The predicted octanol–water partition coefficient (Wildman–Crippen LogP) is 13.5. The molecule has 63 heavy (non-hydrogen) atoms. The minimum Gasteiger partial charge on any atom is -0.309 e. The van der Waals surface area contributed by atoms with E-state index >= 15 is 4.57 Å². The molecule has 0 saturated carbocycles. The second-order valence-electron chi connectivity index (χ2n) is 16.1. The molecule has 0 radical (unpaired) electrons. The van der Waals surface area contributed by atoms with Gasteiger partial charge in [-0.2, -0.15) is 0 Å². The van der Waals surface area contributed by atoms with E-state index in [2.05, 4.69) is 180 Å². The summed E-state index contributed by atoms with van der Waals surface area (Å²) in [6.45, 7) is 0. The Morgan fingerprint density at radius 1 is 0.381 bits per heavy atom. The smallest absolute Gasteiger partial charge is 0.174 e. The SMILES string of the molecule is O=P1(c2ccccc2)c2ccccc2-c2ccc3c4ccccc4n(-c4ccc(-c5cc(-c6ccc(-c7ccccc7)cc6)nc(-c6ccc(-c7ccccc7)cc6)n5)cc4)c3c21. The molecule has 0 spiro atoms. The first-order chi connectivity index (χ1) is 31.1. The lowest BCUT2D eigenvalue weighted by Gasteiger charge is -2.19. The second-order valence-corrected chi connectivity index (χ2v) is 18.7. The monoisotopic (exact) mass is 823 g/mol. The molecular formula is C58H38N3OP. The molecule has 1 aliphatic heterocycles. The van der Waals surface area contributed by atoms with Crippen LogP contribution < -0.4 is 15.9 Å². The van der Waals surface area contributed by atoms with E-state index < -0.39 is 7.14 Å². The van der Waals surface area contributed by atoms with E-state index in [1.165, 1.54) is 11.1 Å². The van der Waals surface area contributed by atoms with Crippen LogP contribution in [0, 0.1) is 0 Å². The van der Waals surface area contributed by atoms with Crippen LogP contribution in [-0.4, -0.2) is 14.5 Å². The van der Waals surface area contributed by atoms with Gasteiger partial charge in [-0.3, -0.25) is 0 Å². The second kappa shape index (κ2) is 14.9. The molecule has 12 rings (SSSR count). The molecule has 4 nitrogen and oxygen atoms in total. The van der Waals surface area contributed by atoms with Gasteiger partial charge in [-0.1, -0.05) is 206 Å². The topological polar surface area (TPSA) is 47.8 Å². The Bertz CT molecular complexity index is 3450. The lowest BCUT2D eigenvalue weighted by atomic mass is 10.0. The molecule has 0 bridgehead atoms. The van der Waals surface area contributed by atoms with Gasteiger partial charge in [0.1, 0.15) is 0 Å². The van der Waals surface area contributed by atoms with Gasteiger partial charge in [-0.25, -0.2) is 9.97 Å². The van der Waals surface area contributed by atoms with Crippen LogP contribution in [0.3, 0.4) is 0 Å². The number of benzene rings is 9. The maximum atomic E-state index is 16.0. The van der Waals surface area contributed by atoms with Crippen LogP contribution in [0.25, 0.3) is 94.8 Å². The maximum absolute atomic E-state index is 16.0. The summed E-state index contributed by atoms with van der Waals surface area (Å²) < 4.78 is 18.3. The Kier molecular flexibility index (Phi) is 8.74. The molecule has 0 fully saturated rings. The zero-order valence-corrected chi connectivity index (χ0v) is 35.0. The molecule has 0 aliphatic carbocycles. The minimum absolute atomic E-state index is 0.660. The molecule has 5 heteroatoms.